The van der Waals surface area contributed by atoms with E-state index in [1.807, 2.05) is 13.8 Å². The SMILES string of the molecule is Cc1nn(C(C)C)c(C)c1S(=O)(=O)Nc1nccc2c([N+](=O)[O-])cccc12. The predicted molar refractivity (Wildman–Crippen MR) is 101 cm³/mol. The van der Waals surface area contributed by atoms with Gasteiger partial charge in [0, 0.05) is 23.7 Å². The van der Waals surface area contributed by atoms with E-state index < -0.39 is 14.9 Å². The number of nitro groups is 1. The zero-order valence-electron chi connectivity index (χ0n) is 15.3. The summed E-state index contributed by atoms with van der Waals surface area (Å²) in [4.78, 5) is 14.9. The van der Waals surface area contributed by atoms with E-state index in [0.717, 1.165) is 0 Å². The van der Waals surface area contributed by atoms with E-state index in [9.17, 15) is 18.5 Å². The number of nitro benzene ring substituents is 1. The second-order valence-electron chi connectivity index (χ2n) is 6.43. The topological polar surface area (TPSA) is 120 Å². The number of aromatic nitrogens is 3. The number of sulfonamides is 1. The van der Waals surface area contributed by atoms with E-state index in [-0.39, 0.29) is 22.4 Å². The summed E-state index contributed by atoms with van der Waals surface area (Å²) >= 11 is 0. The Morgan fingerprint density at radius 2 is 1.89 bits per heavy atom. The number of pyridine rings is 1. The summed E-state index contributed by atoms with van der Waals surface area (Å²) in [5.74, 6) is 0.0345. The fourth-order valence-electron chi connectivity index (χ4n) is 3.15. The van der Waals surface area contributed by atoms with Gasteiger partial charge in [-0.25, -0.2) is 13.4 Å². The van der Waals surface area contributed by atoms with Crippen LogP contribution in [0.3, 0.4) is 0 Å². The van der Waals surface area contributed by atoms with Crippen LogP contribution in [0.5, 0.6) is 0 Å². The molecule has 2 heterocycles. The molecule has 9 nitrogen and oxygen atoms in total. The van der Waals surface area contributed by atoms with Crippen molar-refractivity contribution in [3.63, 3.8) is 0 Å². The zero-order chi connectivity index (χ0) is 19.9. The van der Waals surface area contributed by atoms with Crippen molar-refractivity contribution in [3.05, 3.63) is 52.0 Å². The molecule has 0 aliphatic carbocycles. The average Bonchev–Trinajstić information content (AvgIpc) is 2.89. The average molecular weight is 389 g/mol. The van der Waals surface area contributed by atoms with E-state index in [1.165, 1.54) is 24.4 Å². The van der Waals surface area contributed by atoms with Crippen molar-refractivity contribution in [2.24, 2.45) is 0 Å². The summed E-state index contributed by atoms with van der Waals surface area (Å²) in [5, 5.41) is 16.2. The molecule has 3 rings (SSSR count). The molecule has 1 N–H and O–H groups in total. The lowest BCUT2D eigenvalue weighted by Gasteiger charge is -2.11. The Labute approximate surface area is 156 Å². The van der Waals surface area contributed by atoms with Crippen molar-refractivity contribution in [1.82, 2.24) is 14.8 Å². The third-order valence-electron chi connectivity index (χ3n) is 4.23. The van der Waals surface area contributed by atoms with Crippen molar-refractivity contribution in [2.45, 2.75) is 38.6 Å². The Balaban J connectivity index is 2.13. The largest absolute Gasteiger partial charge is 0.277 e. The number of hydrogen-bond acceptors (Lipinski definition) is 6. The summed E-state index contributed by atoms with van der Waals surface area (Å²) in [6, 6.07) is 5.93. The molecule has 2 aromatic heterocycles. The van der Waals surface area contributed by atoms with E-state index in [4.69, 9.17) is 0 Å². The maximum atomic E-state index is 13.0. The highest BCUT2D eigenvalue weighted by molar-refractivity contribution is 7.92. The Morgan fingerprint density at radius 3 is 2.48 bits per heavy atom. The normalized spacial score (nSPS) is 11.9. The fraction of sp³-hybridized carbons (Fsp3) is 0.294. The number of rotatable bonds is 5. The number of fused-ring (bicyclic) bond motifs is 1. The monoisotopic (exact) mass is 389 g/mol. The molecule has 3 aromatic rings. The Bertz CT molecular complexity index is 1150. The molecule has 10 heteroatoms. The molecular formula is C17H19N5O4S. The predicted octanol–water partition coefficient (Wildman–Crippen LogP) is 3.34. The standard InChI is InChI=1S/C17H19N5O4S/c1-10(2)21-12(4)16(11(3)19-21)27(25,26)20-17-14-6-5-7-15(22(23)24)13(14)8-9-18-17/h5-10H,1-4H3,(H,18,20). The van der Waals surface area contributed by atoms with Gasteiger partial charge < -0.3 is 0 Å². The molecule has 0 unspecified atom stereocenters. The van der Waals surface area contributed by atoms with Crippen LogP contribution in [0.2, 0.25) is 0 Å². The molecule has 0 spiro atoms. The van der Waals surface area contributed by atoms with Crippen LogP contribution in [-0.4, -0.2) is 28.1 Å². The minimum absolute atomic E-state index is 0.00554. The van der Waals surface area contributed by atoms with Crippen LogP contribution in [-0.2, 0) is 10.0 Å². The number of anilines is 1. The van der Waals surface area contributed by atoms with Crippen LogP contribution in [0, 0.1) is 24.0 Å². The van der Waals surface area contributed by atoms with Gasteiger partial charge >= 0.3 is 0 Å². The third-order valence-corrected chi connectivity index (χ3v) is 5.82. The molecule has 0 amide bonds. The molecule has 0 saturated carbocycles. The number of non-ortho nitro benzene ring substituents is 1. The van der Waals surface area contributed by atoms with E-state index in [1.54, 1.807) is 24.6 Å². The molecule has 0 radical (unpaired) electrons. The molecule has 0 fully saturated rings. The quantitative estimate of drug-likeness (QED) is 0.528. The molecule has 1 aromatic carbocycles. The van der Waals surface area contributed by atoms with E-state index >= 15 is 0 Å². The lowest BCUT2D eigenvalue weighted by molar-refractivity contribution is -0.383. The number of nitrogens with zero attached hydrogens (tertiary/aromatic N) is 4. The second-order valence-corrected chi connectivity index (χ2v) is 8.05. The van der Waals surface area contributed by atoms with E-state index in [2.05, 4.69) is 14.8 Å². The number of benzene rings is 1. The summed E-state index contributed by atoms with van der Waals surface area (Å²) in [6.45, 7) is 7.14. The molecule has 0 saturated heterocycles. The smallest absolute Gasteiger partial charge is 0.266 e. The maximum Gasteiger partial charge on any atom is 0.277 e. The Hall–Kier alpha value is -3.01. The van der Waals surface area contributed by atoms with Gasteiger partial charge in [0.15, 0.2) is 0 Å². The molecule has 0 aliphatic rings. The summed E-state index contributed by atoms with van der Waals surface area (Å²) in [7, 11) is -3.98. The molecule has 0 bridgehead atoms. The first-order valence-corrected chi connectivity index (χ1v) is 9.72. The maximum absolute atomic E-state index is 13.0. The van der Waals surface area contributed by atoms with Gasteiger partial charge in [0.2, 0.25) is 0 Å². The molecular weight excluding hydrogens is 370 g/mol. The summed E-state index contributed by atoms with van der Waals surface area (Å²) in [6.07, 6.45) is 1.34. The summed E-state index contributed by atoms with van der Waals surface area (Å²) < 4.78 is 30.1. The first kappa shape index (κ1) is 18.8. The second kappa shape index (κ2) is 6.62. The molecule has 142 valence electrons. The van der Waals surface area contributed by atoms with Crippen LogP contribution in [0.4, 0.5) is 11.5 Å². The minimum atomic E-state index is -3.98. The van der Waals surface area contributed by atoms with Crippen molar-refractivity contribution in [3.8, 4) is 0 Å². The Kier molecular flexibility index (Phi) is 4.60. The van der Waals surface area contributed by atoms with Crippen LogP contribution >= 0.6 is 0 Å². The number of aryl methyl sites for hydroxylation is 1. The van der Waals surface area contributed by atoms with Crippen LogP contribution in [0.15, 0.2) is 35.4 Å². The zero-order valence-corrected chi connectivity index (χ0v) is 16.1. The van der Waals surface area contributed by atoms with Gasteiger partial charge in [-0.3, -0.25) is 19.5 Å². The summed E-state index contributed by atoms with van der Waals surface area (Å²) in [5.41, 5.74) is 0.775. The van der Waals surface area contributed by atoms with Crippen molar-refractivity contribution >= 4 is 32.3 Å². The molecule has 0 atom stereocenters. The lowest BCUT2D eigenvalue weighted by Crippen LogP contribution is -2.16. The first-order valence-electron chi connectivity index (χ1n) is 8.24. The van der Waals surface area contributed by atoms with Crippen LogP contribution in [0.25, 0.3) is 10.8 Å². The van der Waals surface area contributed by atoms with Gasteiger partial charge in [-0.2, -0.15) is 5.10 Å². The fourth-order valence-corrected chi connectivity index (χ4v) is 4.58. The van der Waals surface area contributed by atoms with Gasteiger partial charge in [-0.15, -0.1) is 0 Å². The van der Waals surface area contributed by atoms with Gasteiger partial charge in [-0.1, -0.05) is 12.1 Å². The minimum Gasteiger partial charge on any atom is -0.266 e. The molecule has 27 heavy (non-hydrogen) atoms. The van der Waals surface area contributed by atoms with E-state index in [0.29, 0.717) is 22.2 Å². The van der Waals surface area contributed by atoms with Crippen LogP contribution in [0.1, 0.15) is 31.3 Å². The first-order chi connectivity index (χ1) is 12.6. The van der Waals surface area contributed by atoms with Crippen LogP contribution < -0.4 is 4.72 Å². The van der Waals surface area contributed by atoms with Gasteiger partial charge in [0.05, 0.1) is 21.7 Å². The number of hydrogen-bond donors (Lipinski definition) is 1. The third kappa shape index (κ3) is 3.23. The Morgan fingerprint density at radius 1 is 1.19 bits per heavy atom. The van der Waals surface area contributed by atoms with Gasteiger partial charge in [0.1, 0.15) is 10.7 Å². The lowest BCUT2D eigenvalue weighted by atomic mass is 10.1. The van der Waals surface area contributed by atoms with Crippen molar-refractivity contribution < 1.29 is 13.3 Å². The number of nitrogens with one attached hydrogen (secondary N) is 1. The molecule has 0 aliphatic heterocycles. The highest BCUT2D eigenvalue weighted by atomic mass is 32.2. The highest BCUT2D eigenvalue weighted by Gasteiger charge is 2.27. The van der Waals surface area contributed by atoms with Crippen molar-refractivity contribution in [1.29, 1.82) is 0 Å². The van der Waals surface area contributed by atoms with Crippen molar-refractivity contribution in [2.75, 3.05) is 4.72 Å². The van der Waals surface area contributed by atoms with Gasteiger partial charge in [-0.05, 0) is 33.8 Å². The highest BCUT2D eigenvalue weighted by Crippen LogP contribution is 2.31. The van der Waals surface area contributed by atoms with Gasteiger partial charge in [0.25, 0.3) is 15.7 Å².